The molecule has 0 saturated heterocycles. The Hall–Kier alpha value is -3.22. The van der Waals surface area contributed by atoms with Crippen molar-refractivity contribution in [1.29, 1.82) is 0 Å². The van der Waals surface area contributed by atoms with Crippen molar-refractivity contribution in [3.8, 4) is 0 Å². The number of rotatable bonds is 2. The van der Waals surface area contributed by atoms with Gasteiger partial charge >= 0.3 is 11.9 Å². The number of methoxy groups -OCH3 is 2. The second-order valence-electron chi connectivity index (χ2n) is 3.80. The number of carbonyl (C=O) groups excluding carboxylic acids is 2. The van der Waals surface area contributed by atoms with Crippen molar-refractivity contribution in [1.82, 2.24) is 0 Å². The molecule has 7 heteroatoms. The molecule has 2 aromatic rings. The van der Waals surface area contributed by atoms with Gasteiger partial charge in [-0.2, -0.15) is 0 Å². The van der Waals surface area contributed by atoms with Gasteiger partial charge in [0.1, 0.15) is 0 Å². The number of carbonyl (C=O) groups is 2. The molecule has 1 N–H and O–H groups in total. The molecule has 0 unspecified atom stereocenters. The van der Waals surface area contributed by atoms with Gasteiger partial charge in [-0.3, -0.25) is 10.1 Å². The summed E-state index contributed by atoms with van der Waals surface area (Å²) in [4.78, 5) is 29.7. The van der Waals surface area contributed by atoms with Crippen molar-refractivity contribution in [2.24, 2.45) is 0 Å². The zero-order chi connectivity index (χ0) is 17.5. The molecule has 0 heterocycles. The SMILES string of the molecule is COC(=O)c1ccccc1.COC(=O)c1ccccc1.O=[NH+][O-]. The van der Waals surface area contributed by atoms with Crippen LogP contribution in [-0.4, -0.2) is 26.2 Å². The summed E-state index contributed by atoms with van der Waals surface area (Å²) in [6.07, 6.45) is 0. The molecule has 0 aliphatic carbocycles. The Kier molecular flexibility index (Phi) is 10.8. The number of hydrogen-bond acceptors (Lipinski definition) is 6. The molecule has 0 radical (unpaired) electrons. The van der Waals surface area contributed by atoms with E-state index in [-0.39, 0.29) is 17.3 Å². The van der Waals surface area contributed by atoms with Gasteiger partial charge in [0, 0.05) is 5.34 Å². The largest absolute Gasteiger partial charge is 0.465 e. The van der Waals surface area contributed by atoms with E-state index >= 15 is 0 Å². The quantitative estimate of drug-likeness (QED) is 0.507. The molecule has 0 amide bonds. The van der Waals surface area contributed by atoms with E-state index in [0.29, 0.717) is 11.1 Å². The molecule has 2 aromatic carbocycles. The number of esters is 2. The first-order valence-corrected chi connectivity index (χ1v) is 6.36. The molecule has 0 fully saturated rings. The highest BCUT2D eigenvalue weighted by Crippen LogP contribution is 1.99. The van der Waals surface area contributed by atoms with E-state index in [4.69, 9.17) is 10.1 Å². The Balaban J connectivity index is 0.000000360. The second kappa shape index (κ2) is 12.5. The maximum atomic E-state index is 10.8. The average molecular weight is 319 g/mol. The van der Waals surface area contributed by atoms with Crippen LogP contribution in [0.4, 0.5) is 0 Å². The van der Waals surface area contributed by atoms with Gasteiger partial charge in [0.05, 0.1) is 25.3 Å². The molecular formula is C16H17NO6. The fourth-order valence-corrected chi connectivity index (χ4v) is 1.38. The van der Waals surface area contributed by atoms with Crippen LogP contribution in [0.2, 0.25) is 0 Å². The highest BCUT2D eigenvalue weighted by atomic mass is 16.6. The molecule has 0 atom stereocenters. The monoisotopic (exact) mass is 319 g/mol. The summed E-state index contributed by atoms with van der Waals surface area (Å²) in [5.41, 5.74) is 1.18. The van der Waals surface area contributed by atoms with Crippen LogP contribution in [0.5, 0.6) is 0 Å². The van der Waals surface area contributed by atoms with Crippen LogP contribution in [0.15, 0.2) is 60.7 Å². The lowest BCUT2D eigenvalue weighted by Crippen LogP contribution is -2.53. The molecule has 0 aliphatic heterocycles. The Bertz CT molecular complexity index is 535. The van der Waals surface area contributed by atoms with Crippen LogP contribution >= 0.6 is 0 Å². The summed E-state index contributed by atoms with van der Waals surface area (Å²) in [7, 11) is 2.74. The van der Waals surface area contributed by atoms with Gasteiger partial charge < -0.3 is 9.47 Å². The van der Waals surface area contributed by atoms with E-state index in [1.165, 1.54) is 14.2 Å². The summed E-state index contributed by atoms with van der Waals surface area (Å²) >= 11 is 0. The first-order chi connectivity index (χ1) is 11.1. The van der Waals surface area contributed by atoms with E-state index in [1.807, 2.05) is 12.1 Å². The van der Waals surface area contributed by atoms with Crippen LogP contribution in [0, 0.1) is 10.1 Å². The van der Waals surface area contributed by atoms with Crippen LogP contribution < -0.4 is 5.34 Å². The summed E-state index contributed by atoms with van der Waals surface area (Å²) in [6, 6.07) is 17.8. The topological polar surface area (TPSA) is 107 Å². The van der Waals surface area contributed by atoms with Crippen molar-refractivity contribution in [3.63, 3.8) is 0 Å². The molecule has 7 nitrogen and oxygen atoms in total. The van der Waals surface area contributed by atoms with E-state index in [1.54, 1.807) is 48.5 Å². The molecule has 0 bridgehead atoms. The van der Waals surface area contributed by atoms with Gasteiger partial charge in [-0.15, -0.1) is 0 Å². The molecule has 0 aromatic heterocycles. The van der Waals surface area contributed by atoms with Crippen LogP contribution in [0.1, 0.15) is 20.7 Å². The Morgan fingerprint density at radius 1 is 0.783 bits per heavy atom. The second-order valence-corrected chi connectivity index (χ2v) is 3.80. The van der Waals surface area contributed by atoms with Gasteiger partial charge in [0.2, 0.25) is 0 Å². The van der Waals surface area contributed by atoms with E-state index < -0.39 is 0 Å². The number of benzene rings is 2. The third-order valence-electron chi connectivity index (χ3n) is 2.39. The highest BCUT2D eigenvalue weighted by Gasteiger charge is 2.01. The first-order valence-electron chi connectivity index (χ1n) is 6.36. The Morgan fingerprint density at radius 2 is 1.04 bits per heavy atom. The predicted molar refractivity (Wildman–Crippen MR) is 83.3 cm³/mol. The van der Waals surface area contributed by atoms with E-state index in [0.717, 1.165) is 0 Å². The third kappa shape index (κ3) is 8.61. The fraction of sp³-hybridized carbons (Fsp3) is 0.125. The van der Waals surface area contributed by atoms with Gasteiger partial charge in [0.15, 0.2) is 0 Å². The van der Waals surface area contributed by atoms with Crippen molar-refractivity contribution in [2.75, 3.05) is 14.2 Å². The molecule has 122 valence electrons. The Morgan fingerprint density at radius 3 is 1.26 bits per heavy atom. The van der Waals surface area contributed by atoms with Gasteiger partial charge in [0.25, 0.3) is 0 Å². The minimum absolute atomic E-state index is 0.250. The van der Waals surface area contributed by atoms with Crippen molar-refractivity contribution in [3.05, 3.63) is 81.9 Å². The van der Waals surface area contributed by atoms with Gasteiger partial charge in [-0.1, -0.05) is 36.4 Å². The maximum Gasteiger partial charge on any atom is 0.337 e. The summed E-state index contributed by atoms with van der Waals surface area (Å²) in [5, 5.41) is 8.38. The smallest absolute Gasteiger partial charge is 0.337 e. The number of nitrogens with one attached hydrogen (secondary N) is 1. The average Bonchev–Trinajstić information content (AvgIpc) is 2.63. The maximum absolute atomic E-state index is 10.8. The first kappa shape index (κ1) is 19.8. The van der Waals surface area contributed by atoms with Crippen molar-refractivity contribution < 1.29 is 24.4 Å². The van der Waals surface area contributed by atoms with Crippen molar-refractivity contribution >= 4 is 11.9 Å². The Labute approximate surface area is 133 Å². The lowest BCUT2D eigenvalue weighted by Gasteiger charge is -1.95. The summed E-state index contributed by atoms with van der Waals surface area (Å²) < 4.78 is 8.99. The molecule has 2 rings (SSSR count). The zero-order valence-corrected chi connectivity index (χ0v) is 12.7. The minimum atomic E-state index is -0.291. The standard InChI is InChI=1S/2C8H8O2.HNO2/c2*1-10-8(9)7-5-3-2-4-6-7;2-1-3/h2*2-6H,1H3;1H. The third-order valence-corrected chi connectivity index (χ3v) is 2.39. The minimum Gasteiger partial charge on any atom is -0.465 e. The zero-order valence-electron chi connectivity index (χ0n) is 12.7. The number of hydrogen-bond donors (Lipinski definition) is 1. The summed E-state index contributed by atoms with van der Waals surface area (Å²) in [6.45, 7) is 0. The fourth-order valence-electron chi connectivity index (χ4n) is 1.38. The van der Waals surface area contributed by atoms with Crippen LogP contribution in [-0.2, 0) is 9.47 Å². The normalized spacial score (nSPS) is 8.26. The van der Waals surface area contributed by atoms with E-state index in [9.17, 15) is 9.59 Å². The lowest BCUT2D eigenvalue weighted by atomic mass is 10.2. The van der Waals surface area contributed by atoms with Crippen LogP contribution in [0.25, 0.3) is 0 Å². The van der Waals surface area contributed by atoms with E-state index in [2.05, 4.69) is 9.47 Å². The molecular weight excluding hydrogens is 302 g/mol. The van der Waals surface area contributed by atoms with Crippen LogP contribution in [0.3, 0.4) is 0 Å². The molecule has 0 saturated carbocycles. The number of ether oxygens (including phenoxy) is 2. The molecule has 0 aliphatic rings. The lowest BCUT2D eigenvalue weighted by molar-refractivity contribution is -0.398. The van der Waals surface area contributed by atoms with Crippen molar-refractivity contribution in [2.45, 2.75) is 0 Å². The molecule has 0 spiro atoms. The molecule has 23 heavy (non-hydrogen) atoms. The summed E-state index contributed by atoms with van der Waals surface area (Å²) in [5.74, 6) is -0.582. The highest BCUT2D eigenvalue weighted by molar-refractivity contribution is 5.89. The predicted octanol–water partition coefficient (Wildman–Crippen LogP) is 1.28. The van der Waals surface area contributed by atoms with Gasteiger partial charge in [-0.05, 0) is 24.3 Å². The van der Waals surface area contributed by atoms with Gasteiger partial charge in [-0.25, -0.2) is 9.59 Å².